The van der Waals surface area contributed by atoms with Crippen molar-refractivity contribution in [3.8, 4) is 0 Å². The lowest BCUT2D eigenvalue weighted by Gasteiger charge is -2.40. The predicted molar refractivity (Wildman–Crippen MR) is 80.5 cm³/mol. The van der Waals surface area contributed by atoms with E-state index in [0.717, 1.165) is 5.56 Å². The lowest BCUT2D eigenvalue weighted by molar-refractivity contribution is -0.140. The predicted octanol–water partition coefficient (Wildman–Crippen LogP) is 2.47. The minimum absolute atomic E-state index is 0.135. The number of amides is 1. The number of carboxylic acids is 1. The van der Waals surface area contributed by atoms with Crippen LogP contribution in [0, 0.1) is 0 Å². The van der Waals surface area contributed by atoms with Crippen LogP contribution in [0.2, 0.25) is 0 Å². The van der Waals surface area contributed by atoms with Gasteiger partial charge < -0.3 is 10.0 Å². The van der Waals surface area contributed by atoms with Gasteiger partial charge in [0.15, 0.2) is 0 Å². The Morgan fingerprint density at radius 1 is 1.27 bits per heavy atom. The molecule has 0 aliphatic carbocycles. The summed E-state index contributed by atoms with van der Waals surface area (Å²) in [4.78, 5) is 30.3. The molecule has 5 nitrogen and oxygen atoms in total. The van der Waals surface area contributed by atoms with Gasteiger partial charge in [0.2, 0.25) is 0 Å². The van der Waals surface area contributed by atoms with Gasteiger partial charge in [0.1, 0.15) is 5.92 Å². The highest BCUT2D eigenvalue weighted by Crippen LogP contribution is 2.42. The molecule has 0 fully saturated rings. The fourth-order valence-corrected chi connectivity index (χ4v) is 3.13. The number of carbonyl (C=O) groups is 2. The normalized spacial score (nSPS) is 20.6. The minimum atomic E-state index is -0.938. The van der Waals surface area contributed by atoms with Crippen molar-refractivity contribution in [2.45, 2.75) is 18.9 Å². The smallest absolute Gasteiger partial charge is 0.313 e. The molecule has 0 saturated heterocycles. The number of aliphatic carboxylic acids is 1. The molecule has 1 aromatic heterocycles. The van der Waals surface area contributed by atoms with E-state index in [1.807, 2.05) is 13.0 Å². The molecule has 0 radical (unpaired) electrons. The molecule has 5 heteroatoms. The van der Waals surface area contributed by atoms with Crippen LogP contribution >= 0.6 is 0 Å². The number of carboxylic acid groups (broad SMARTS) is 1. The van der Waals surface area contributed by atoms with Gasteiger partial charge in [-0.2, -0.15) is 0 Å². The zero-order valence-electron chi connectivity index (χ0n) is 12.1. The van der Waals surface area contributed by atoms with E-state index < -0.39 is 17.9 Å². The maximum absolute atomic E-state index is 12.7. The van der Waals surface area contributed by atoms with E-state index in [9.17, 15) is 14.7 Å². The first-order valence-electron chi connectivity index (χ1n) is 7.17. The number of hydrogen-bond donors (Lipinski definition) is 1. The summed E-state index contributed by atoms with van der Waals surface area (Å²) in [5.74, 6) is -1.87. The van der Waals surface area contributed by atoms with Crippen molar-refractivity contribution in [1.82, 2.24) is 9.88 Å². The summed E-state index contributed by atoms with van der Waals surface area (Å²) < 4.78 is 0. The summed E-state index contributed by atoms with van der Waals surface area (Å²) in [6.07, 6.45) is 3.26. The summed E-state index contributed by atoms with van der Waals surface area (Å²) in [5.41, 5.74) is 1.77. The standard InChI is InChI=1S/C17H16N2O3/c1-2-19-15(11-6-5-9-18-10-11)14(17(21)22)12-7-3-4-8-13(12)16(19)20/h3-10,14-15H,2H2,1H3,(H,21,22). The van der Waals surface area contributed by atoms with Crippen LogP contribution in [0.4, 0.5) is 0 Å². The van der Waals surface area contributed by atoms with E-state index in [2.05, 4.69) is 4.98 Å². The third kappa shape index (κ3) is 2.15. The molecule has 112 valence electrons. The number of likely N-dealkylation sites (N-methyl/N-ethyl adjacent to an activating group) is 1. The topological polar surface area (TPSA) is 70.5 Å². The summed E-state index contributed by atoms with van der Waals surface area (Å²) in [6.45, 7) is 2.30. The van der Waals surface area contributed by atoms with Crippen LogP contribution in [0.3, 0.4) is 0 Å². The van der Waals surface area contributed by atoms with E-state index in [1.54, 1.807) is 47.6 Å². The molecule has 1 aliphatic heterocycles. The first-order valence-corrected chi connectivity index (χ1v) is 7.17. The number of rotatable bonds is 3. The number of aromatic nitrogens is 1. The zero-order valence-corrected chi connectivity index (χ0v) is 12.1. The average Bonchev–Trinajstić information content (AvgIpc) is 2.55. The summed E-state index contributed by atoms with van der Waals surface area (Å²) >= 11 is 0. The lowest BCUT2D eigenvalue weighted by Crippen LogP contribution is -2.44. The van der Waals surface area contributed by atoms with E-state index in [-0.39, 0.29) is 5.91 Å². The van der Waals surface area contributed by atoms with E-state index >= 15 is 0 Å². The second-order valence-corrected chi connectivity index (χ2v) is 5.23. The maximum Gasteiger partial charge on any atom is 0.313 e. The molecule has 1 N–H and O–H groups in total. The molecule has 22 heavy (non-hydrogen) atoms. The monoisotopic (exact) mass is 296 g/mol. The quantitative estimate of drug-likeness (QED) is 0.944. The number of benzene rings is 1. The summed E-state index contributed by atoms with van der Waals surface area (Å²) in [6, 6.07) is 9.97. The van der Waals surface area contributed by atoms with E-state index in [0.29, 0.717) is 17.7 Å². The van der Waals surface area contributed by atoms with Crippen LogP contribution in [-0.2, 0) is 4.79 Å². The van der Waals surface area contributed by atoms with Crippen LogP contribution in [0.25, 0.3) is 0 Å². The highest BCUT2D eigenvalue weighted by molar-refractivity contribution is 6.00. The first-order chi connectivity index (χ1) is 10.6. The van der Waals surface area contributed by atoms with Crippen molar-refractivity contribution in [2.75, 3.05) is 6.54 Å². The molecular weight excluding hydrogens is 280 g/mol. The number of hydrogen-bond acceptors (Lipinski definition) is 3. The van der Waals surface area contributed by atoms with Gasteiger partial charge in [-0.05, 0) is 30.2 Å². The summed E-state index contributed by atoms with van der Waals surface area (Å²) in [5, 5.41) is 9.76. The second-order valence-electron chi connectivity index (χ2n) is 5.23. The van der Waals surface area contributed by atoms with Gasteiger partial charge in [0.25, 0.3) is 5.91 Å². The molecule has 0 bridgehead atoms. The van der Waals surface area contributed by atoms with Gasteiger partial charge >= 0.3 is 5.97 Å². The molecule has 2 heterocycles. The van der Waals surface area contributed by atoms with Crippen LogP contribution in [0.1, 0.15) is 40.4 Å². The highest BCUT2D eigenvalue weighted by atomic mass is 16.4. The largest absolute Gasteiger partial charge is 0.481 e. The molecule has 0 spiro atoms. The molecule has 1 aromatic carbocycles. The first kappa shape index (κ1) is 14.3. The molecule has 1 aliphatic rings. The van der Waals surface area contributed by atoms with E-state index in [4.69, 9.17) is 0 Å². The maximum atomic E-state index is 12.7. The molecule has 2 aromatic rings. The molecule has 0 saturated carbocycles. The second kappa shape index (κ2) is 5.60. The number of pyridine rings is 1. The van der Waals surface area contributed by atoms with Crippen LogP contribution in [0.5, 0.6) is 0 Å². The molecular formula is C17H16N2O3. The number of nitrogens with zero attached hydrogens (tertiary/aromatic N) is 2. The van der Waals surface area contributed by atoms with Crippen molar-refractivity contribution < 1.29 is 14.7 Å². The third-order valence-corrected chi connectivity index (χ3v) is 4.07. The Bertz CT molecular complexity index is 715. The van der Waals surface area contributed by atoms with Gasteiger partial charge in [0.05, 0.1) is 6.04 Å². The number of carbonyl (C=O) groups excluding carboxylic acids is 1. The molecule has 2 unspecified atom stereocenters. The van der Waals surface area contributed by atoms with Crippen molar-refractivity contribution in [1.29, 1.82) is 0 Å². The van der Waals surface area contributed by atoms with Gasteiger partial charge in [-0.3, -0.25) is 14.6 Å². The fraction of sp³-hybridized carbons (Fsp3) is 0.235. The van der Waals surface area contributed by atoms with Gasteiger partial charge in [-0.15, -0.1) is 0 Å². The van der Waals surface area contributed by atoms with Crippen LogP contribution in [0.15, 0.2) is 48.8 Å². The molecule has 2 atom stereocenters. The Hall–Kier alpha value is -2.69. The van der Waals surface area contributed by atoms with Crippen molar-refractivity contribution in [2.24, 2.45) is 0 Å². The average molecular weight is 296 g/mol. The van der Waals surface area contributed by atoms with Gasteiger partial charge in [-0.1, -0.05) is 24.3 Å². The lowest BCUT2D eigenvalue weighted by atomic mass is 9.80. The molecule has 3 rings (SSSR count). The van der Waals surface area contributed by atoms with Crippen molar-refractivity contribution in [3.05, 3.63) is 65.5 Å². The molecule has 1 amide bonds. The highest BCUT2D eigenvalue weighted by Gasteiger charge is 2.43. The third-order valence-electron chi connectivity index (χ3n) is 4.07. The van der Waals surface area contributed by atoms with Gasteiger partial charge in [0, 0.05) is 24.5 Å². The minimum Gasteiger partial charge on any atom is -0.481 e. The van der Waals surface area contributed by atoms with Crippen molar-refractivity contribution in [3.63, 3.8) is 0 Å². The van der Waals surface area contributed by atoms with Gasteiger partial charge in [-0.25, -0.2) is 0 Å². The Kier molecular flexibility index (Phi) is 3.63. The Morgan fingerprint density at radius 2 is 2.05 bits per heavy atom. The van der Waals surface area contributed by atoms with Crippen LogP contribution in [-0.4, -0.2) is 33.4 Å². The zero-order chi connectivity index (χ0) is 15.7. The van der Waals surface area contributed by atoms with Crippen molar-refractivity contribution >= 4 is 11.9 Å². The summed E-state index contributed by atoms with van der Waals surface area (Å²) in [7, 11) is 0. The van der Waals surface area contributed by atoms with E-state index in [1.165, 1.54) is 0 Å². The Labute approximate surface area is 128 Å². The van der Waals surface area contributed by atoms with Crippen LogP contribution < -0.4 is 0 Å². The number of fused-ring (bicyclic) bond motifs is 1. The fourth-order valence-electron chi connectivity index (χ4n) is 3.13. The SMILES string of the molecule is CCN1C(=O)c2ccccc2C(C(=O)O)C1c1cccnc1. The Balaban J connectivity index is 2.22. The Morgan fingerprint density at radius 3 is 2.68 bits per heavy atom.